The lowest BCUT2D eigenvalue weighted by Crippen LogP contribution is -2.29. The molecule has 198 valence electrons. The Balaban J connectivity index is 1.69. The van der Waals surface area contributed by atoms with Crippen LogP contribution < -0.4 is 10.3 Å². The van der Waals surface area contributed by atoms with Crippen molar-refractivity contribution in [2.45, 2.75) is 58.8 Å². The molecule has 3 aromatic carbocycles. The van der Waals surface area contributed by atoms with E-state index in [1.165, 1.54) is 0 Å². The standard InChI is InChI=1S/C34H34N2O3/c1-21(2)18-35-19-23(4)34(38)26-9-8-22(3)25(14-26)20-39-29-7-5-6-24(15-29)30-17-33(37)36(28-11-12-28)32-13-10-27(34)16-31(30)32/h5-10,13-19,21,28,38H,11-12,20H2,1-4H3/b23-19+,35-18?. The van der Waals surface area contributed by atoms with E-state index in [0.29, 0.717) is 18.1 Å². The van der Waals surface area contributed by atoms with Crippen LogP contribution in [-0.2, 0) is 12.2 Å². The first-order valence-corrected chi connectivity index (χ1v) is 13.7. The summed E-state index contributed by atoms with van der Waals surface area (Å²) in [5.74, 6) is 1.03. The molecule has 6 rings (SSSR count). The Morgan fingerprint density at radius 2 is 1.85 bits per heavy atom. The third-order valence-corrected chi connectivity index (χ3v) is 7.91. The van der Waals surface area contributed by atoms with Crippen molar-refractivity contribution in [3.05, 3.63) is 111 Å². The molecular formula is C34H34N2O3. The predicted molar refractivity (Wildman–Crippen MR) is 158 cm³/mol. The van der Waals surface area contributed by atoms with Gasteiger partial charge in [0.25, 0.3) is 5.56 Å². The number of aliphatic imine (C=N–C) groups is 1. The summed E-state index contributed by atoms with van der Waals surface area (Å²) >= 11 is 0. The fourth-order valence-corrected chi connectivity index (χ4v) is 5.53. The molecule has 39 heavy (non-hydrogen) atoms. The van der Waals surface area contributed by atoms with Crippen LogP contribution in [0.4, 0.5) is 0 Å². The molecule has 1 N–H and O–H groups in total. The molecule has 6 bridgehead atoms. The largest absolute Gasteiger partial charge is 0.489 e. The molecule has 2 heterocycles. The van der Waals surface area contributed by atoms with Crippen molar-refractivity contribution in [2.24, 2.45) is 10.9 Å². The van der Waals surface area contributed by atoms with E-state index in [1.807, 2.05) is 72.3 Å². The van der Waals surface area contributed by atoms with Gasteiger partial charge >= 0.3 is 0 Å². The topological polar surface area (TPSA) is 63.8 Å². The molecule has 0 spiro atoms. The summed E-state index contributed by atoms with van der Waals surface area (Å²) in [6.07, 6.45) is 5.64. The Bertz CT molecular complexity index is 1710. The van der Waals surface area contributed by atoms with Crippen LogP contribution in [0, 0.1) is 12.8 Å². The number of benzene rings is 3. The highest BCUT2D eigenvalue weighted by Crippen LogP contribution is 2.43. The maximum absolute atomic E-state index is 13.4. The van der Waals surface area contributed by atoms with Gasteiger partial charge in [0.05, 0.1) is 5.52 Å². The van der Waals surface area contributed by atoms with Crippen LogP contribution in [0.5, 0.6) is 5.75 Å². The third-order valence-electron chi connectivity index (χ3n) is 7.91. The van der Waals surface area contributed by atoms with Gasteiger partial charge in [-0.1, -0.05) is 44.2 Å². The lowest BCUT2D eigenvalue weighted by atomic mass is 9.79. The van der Waals surface area contributed by atoms with E-state index in [4.69, 9.17) is 4.74 Å². The lowest BCUT2D eigenvalue weighted by molar-refractivity contribution is 0.120. The normalized spacial score (nSPS) is 19.2. The Kier molecular flexibility index (Phi) is 6.27. The molecule has 1 aliphatic heterocycles. The summed E-state index contributed by atoms with van der Waals surface area (Å²) in [6, 6.07) is 21.9. The minimum Gasteiger partial charge on any atom is -0.489 e. The van der Waals surface area contributed by atoms with Gasteiger partial charge in [-0.25, -0.2) is 0 Å². The maximum atomic E-state index is 13.4. The fraction of sp³-hybridized carbons (Fsp3) is 0.294. The van der Waals surface area contributed by atoms with Gasteiger partial charge in [0.15, 0.2) is 0 Å². The Morgan fingerprint density at radius 1 is 1.08 bits per heavy atom. The van der Waals surface area contributed by atoms with E-state index in [9.17, 15) is 9.90 Å². The Morgan fingerprint density at radius 3 is 2.62 bits per heavy atom. The van der Waals surface area contributed by atoms with E-state index in [-0.39, 0.29) is 11.6 Å². The van der Waals surface area contributed by atoms with Crippen LogP contribution in [0.3, 0.4) is 0 Å². The van der Waals surface area contributed by atoms with Gasteiger partial charge in [-0.15, -0.1) is 0 Å². The van der Waals surface area contributed by atoms with E-state index in [1.54, 1.807) is 12.3 Å². The van der Waals surface area contributed by atoms with Crippen molar-refractivity contribution in [3.63, 3.8) is 0 Å². The van der Waals surface area contributed by atoms with Gasteiger partial charge < -0.3 is 14.4 Å². The molecule has 1 aliphatic carbocycles. The highest BCUT2D eigenvalue weighted by atomic mass is 16.5. The zero-order valence-corrected chi connectivity index (χ0v) is 22.9. The second-order valence-electron chi connectivity index (χ2n) is 11.3. The van der Waals surface area contributed by atoms with Crippen LogP contribution in [0.2, 0.25) is 0 Å². The van der Waals surface area contributed by atoms with Crippen molar-refractivity contribution in [3.8, 4) is 16.9 Å². The number of rotatable bonds is 4. The molecule has 0 saturated heterocycles. The number of hydrogen-bond donors (Lipinski definition) is 1. The molecule has 1 atom stereocenters. The summed E-state index contributed by atoms with van der Waals surface area (Å²) < 4.78 is 8.17. The van der Waals surface area contributed by atoms with Gasteiger partial charge in [-0.3, -0.25) is 9.79 Å². The first-order valence-electron chi connectivity index (χ1n) is 13.7. The van der Waals surface area contributed by atoms with Crippen molar-refractivity contribution in [1.29, 1.82) is 0 Å². The molecule has 5 nitrogen and oxygen atoms in total. The van der Waals surface area contributed by atoms with Crippen LogP contribution >= 0.6 is 0 Å². The smallest absolute Gasteiger partial charge is 0.251 e. The van der Waals surface area contributed by atoms with Crippen molar-refractivity contribution < 1.29 is 9.84 Å². The second-order valence-corrected chi connectivity index (χ2v) is 11.3. The number of aromatic nitrogens is 1. The molecule has 1 aromatic heterocycles. The first-order chi connectivity index (χ1) is 18.8. The number of nitrogens with zero attached hydrogens (tertiary/aromatic N) is 2. The predicted octanol–water partition coefficient (Wildman–Crippen LogP) is 7.07. The Hall–Kier alpha value is -3.96. The highest BCUT2D eigenvalue weighted by molar-refractivity contribution is 5.95. The van der Waals surface area contributed by atoms with Gasteiger partial charge in [0.2, 0.25) is 0 Å². The summed E-state index contributed by atoms with van der Waals surface area (Å²) in [7, 11) is 0. The fourth-order valence-electron chi connectivity index (χ4n) is 5.53. The molecule has 1 saturated carbocycles. The minimum atomic E-state index is -1.44. The van der Waals surface area contributed by atoms with E-state index < -0.39 is 5.60 Å². The number of ether oxygens (including phenoxy) is 1. The molecule has 0 amide bonds. The zero-order valence-electron chi connectivity index (χ0n) is 22.9. The molecule has 4 aromatic rings. The third kappa shape index (κ3) is 4.51. The number of hydrogen-bond acceptors (Lipinski definition) is 4. The molecular weight excluding hydrogens is 484 g/mol. The van der Waals surface area contributed by atoms with Crippen molar-refractivity contribution in [1.82, 2.24) is 4.57 Å². The average Bonchev–Trinajstić information content (AvgIpc) is 3.76. The van der Waals surface area contributed by atoms with Crippen molar-refractivity contribution in [2.75, 3.05) is 0 Å². The molecule has 0 radical (unpaired) electrons. The second kappa shape index (κ2) is 9.65. The lowest BCUT2D eigenvalue weighted by Gasteiger charge is -2.31. The molecule has 5 heteroatoms. The number of aryl methyl sites for hydroxylation is 1. The summed E-state index contributed by atoms with van der Waals surface area (Å²) in [5, 5.41) is 13.6. The van der Waals surface area contributed by atoms with Gasteiger partial charge in [0.1, 0.15) is 18.0 Å². The van der Waals surface area contributed by atoms with Crippen molar-refractivity contribution >= 4 is 17.1 Å². The number of fused-ring (bicyclic) bond motifs is 6. The molecule has 1 unspecified atom stereocenters. The summed E-state index contributed by atoms with van der Waals surface area (Å²) in [6.45, 7) is 8.49. The quantitative estimate of drug-likeness (QED) is 0.294. The zero-order chi connectivity index (χ0) is 27.3. The van der Waals surface area contributed by atoms with Gasteiger partial charge in [0, 0.05) is 29.9 Å². The minimum absolute atomic E-state index is 0.0000255. The van der Waals surface area contributed by atoms with E-state index >= 15 is 0 Å². The number of aliphatic hydroxyl groups is 1. The van der Waals surface area contributed by atoms with Crippen LogP contribution in [0.1, 0.15) is 61.9 Å². The van der Waals surface area contributed by atoms with E-state index in [0.717, 1.165) is 62.9 Å². The summed E-state index contributed by atoms with van der Waals surface area (Å²) in [5.41, 5.74) is 5.48. The molecule has 2 aliphatic rings. The number of pyridine rings is 1. The highest BCUT2D eigenvalue weighted by Gasteiger charge is 2.35. The average molecular weight is 519 g/mol. The summed E-state index contributed by atoms with van der Waals surface area (Å²) in [4.78, 5) is 17.9. The SMILES string of the molecule is C/C(=C\N=CC(C)C)C1(O)c2ccc(C)c(c2)COc2cccc(c2)-c2cc(=O)n(C3CC3)c3ccc1cc23. The Labute approximate surface area is 229 Å². The van der Waals surface area contributed by atoms with E-state index in [2.05, 4.69) is 31.8 Å². The van der Waals surface area contributed by atoms with Crippen LogP contribution in [0.15, 0.2) is 88.3 Å². The monoisotopic (exact) mass is 518 g/mol. The van der Waals surface area contributed by atoms with Crippen LogP contribution in [0.25, 0.3) is 22.0 Å². The van der Waals surface area contributed by atoms with Gasteiger partial charge in [-0.2, -0.15) is 0 Å². The van der Waals surface area contributed by atoms with Crippen LogP contribution in [-0.4, -0.2) is 15.9 Å². The molecule has 1 fully saturated rings. The first kappa shape index (κ1) is 25.3. The van der Waals surface area contributed by atoms with Gasteiger partial charge in [-0.05, 0) is 102 Å². The maximum Gasteiger partial charge on any atom is 0.251 e.